The van der Waals surface area contributed by atoms with Crippen LogP contribution in [0.2, 0.25) is 0 Å². The molecule has 4 heteroatoms. The monoisotopic (exact) mass is 301 g/mol. The number of anilines is 1. The highest BCUT2D eigenvalue weighted by atomic mass is 16.2. The lowest BCUT2D eigenvalue weighted by Crippen LogP contribution is -2.35. The summed E-state index contributed by atoms with van der Waals surface area (Å²) < 4.78 is 0. The Labute approximate surface area is 133 Å². The van der Waals surface area contributed by atoms with E-state index < -0.39 is 0 Å². The molecule has 0 aromatic heterocycles. The van der Waals surface area contributed by atoms with Gasteiger partial charge in [-0.2, -0.15) is 0 Å². The maximum Gasteiger partial charge on any atom is 0.241 e. The third kappa shape index (κ3) is 4.08. The number of rotatable bonds is 4. The number of amides is 1. The highest BCUT2D eigenvalue weighted by molar-refractivity contribution is 5.95. The van der Waals surface area contributed by atoms with Gasteiger partial charge in [-0.1, -0.05) is 19.1 Å². The number of carbonyl (C=O) groups excluding carboxylic acids is 1. The predicted molar refractivity (Wildman–Crippen MR) is 89.8 cm³/mol. The van der Waals surface area contributed by atoms with Crippen LogP contribution in [0, 0.1) is 5.92 Å². The van der Waals surface area contributed by atoms with Gasteiger partial charge >= 0.3 is 0 Å². The van der Waals surface area contributed by atoms with Gasteiger partial charge in [0.2, 0.25) is 5.91 Å². The summed E-state index contributed by atoms with van der Waals surface area (Å²) >= 11 is 0. The van der Waals surface area contributed by atoms with Crippen molar-refractivity contribution in [3.05, 3.63) is 29.8 Å². The Hall–Kier alpha value is -1.39. The van der Waals surface area contributed by atoms with E-state index in [-0.39, 0.29) is 11.9 Å². The number of nitrogens with one attached hydrogen (secondary N) is 2. The standard InChI is InChI=1S/C18H27N3O/c1-14-8-11-21(12-9-14)13-15-4-6-16(7-5-15)20-18(22)17-3-2-10-19-17/h4-7,14,17,19H,2-3,8-13H2,1H3,(H,20,22). The van der Waals surface area contributed by atoms with Crippen molar-refractivity contribution < 1.29 is 4.79 Å². The summed E-state index contributed by atoms with van der Waals surface area (Å²) in [5.74, 6) is 0.966. The maximum absolute atomic E-state index is 12.1. The smallest absolute Gasteiger partial charge is 0.241 e. The first-order chi connectivity index (χ1) is 10.7. The Balaban J connectivity index is 1.50. The van der Waals surface area contributed by atoms with Gasteiger partial charge in [0.25, 0.3) is 0 Å². The molecule has 120 valence electrons. The van der Waals surface area contributed by atoms with E-state index in [9.17, 15) is 4.79 Å². The minimum absolute atomic E-state index is 0.0185. The van der Waals surface area contributed by atoms with Gasteiger partial charge in [0.1, 0.15) is 0 Å². The molecule has 1 amide bonds. The molecule has 0 radical (unpaired) electrons. The predicted octanol–water partition coefficient (Wildman–Crippen LogP) is 2.61. The lowest BCUT2D eigenvalue weighted by Gasteiger charge is -2.30. The molecular formula is C18H27N3O. The first-order valence-corrected chi connectivity index (χ1v) is 8.56. The minimum Gasteiger partial charge on any atom is -0.325 e. The molecule has 0 saturated carbocycles. The highest BCUT2D eigenvalue weighted by Crippen LogP contribution is 2.19. The number of piperidine rings is 1. The van der Waals surface area contributed by atoms with E-state index in [0.717, 1.165) is 37.5 Å². The summed E-state index contributed by atoms with van der Waals surface area (Å²) in [6.07, 6.45) is 4.65. The fourth-order valence-corrected chi connectivity index (χ4v) is 3.31. The number of hydrogen-bond donors (Lipinski definition) is 2. The molecule has 0 bridgehead atoms. The normalized spacial score (nSPS) is 23.6. The molecule has 4 nitrogen and oxygen atoms in total. The van der Waals surface area contributed by atoms with E-state index in [4.69, 9.17) is 0 Å². The number of likely N-dealkylation sites (tertiary alicyclic amines) is 1. The molecule has 2 heterocycles. The summed E-state index contributed by atoms with van der Waals surface area (Å²) in [7, 11) is 0. The van der Waals surface area contributed by atoms with Crippen LogP contribution >= 0.6 is 0 Å². The first kappa shape index (κ1) is 15.5. The molecule has 1 unspecified atom stereocenters. The van der Waals surface area contributed by atoms with Gasteiger partial charge in [0.15, 0.2) is 0 Å². The molecule has 3 rings (SSSR count). The lowest BCUT2D eigenvalue weighted by atomic mass is 9.99. The van der Waals surface area contributed by atoms with Crippen molar-refractivity contribution in [2.45, 2.75) is 45.2 Å². The minimum atomic E-state index is -0.0185. The third-order valence-electron chi connectivity index (χ3n) is 4.88. The van der Waals surface area contributed by atoms with Gasteiger partial charge in [-0.25, -0.2) is 0 Å². The Morgan fingerprint density at radius 3 is 2.59 bits per heavy atom. The van der Waals surface area contributed by atoms with Crippen LogP contribution in [0.4, 0.5) is 5.69 Å². The van der Waals surface area contributed by atoms with Crippen molar-refractivity contribution in [2.75, 3.05) is 25.0 Å². The van der Waals surface area contributed by atoms with Crippen LogP contribution in [0.15, 0.2) is 24.3 Å². The van der Waals surface area contributed by atoms with Crippen LogP contribution in [0.25, 0.3) is 0 Å². The highest BCUT2D eigenvalue weighted by Gasteiger charge is 2.21. The summed E-state index contributed by atoms with van der Waals surface area (Å²) in [6.45, 7) is 6.71. The zero-order valence-corrected chi connectivity index (χ0v) is 13.5. The molecule has 1 aromatic carbocycles. The number of carbonyl (C=O) groups is 1. The van der Waals surface area contributed by atoms with Gasteiger partial charge in [-0.15, -0.1) is 0 Å². The van der Waals surface area contributed by atoms with E-state index in [1.54, 1.807) is 0 Å². The summed E-state index contributed by atoms with van der Waals surface area (Å²) in [5.41, 5.74) is 2.22. The van der Waals surface area contributed by atoms with E-state index in [0.29, 0.717) is 0 Å². The average molecular weight is 301 g/mol. The lowest BCUT2D eigenvalue weighted by molar-refractivity contribution is -0.117. The van der Waals surface area contributed by atoms with Gasteiger partial charge in [0, 0.05) is 12.2 Å². The molecule has 0 aliphatic carbocycles. The summed E-state index contributed by atoms with van der Waals surface area (Å²) in [4.78, 5) is 14.6. The Morgan fingerprint density at radius 2 is 1.95 bits per heavy atom. The Morgan fingerprint density at radius 1 is 1.23 bits per heavy atom. The van der Waals surface area contributed by atoms with E-state index in [1.165, 1.54) is 31.5 Å². The molecule has 2 aliphatic rings. The van der Waals surface area contributed by atoms with Crippen molar-refractivity contribution >= 4 is 11.6 Å². The van der Waals surface area contributed by atoms with Gasteiger partial charge in [-0.3, -0.25) is 9.69 Å². The van der Waals surface area contributed by atoms with Crippen LogP contribution < -0.4 is 10.6 Å². The first-order valence-electron chi connectivity index (χ1n) is 8.56. The summed E-state index contributed by atoms with van der Waals surface area (Å²) in [5, 5.41) is 6.23. The molecule has 1 atom stereocenters. The average Bonchev–Trinajstić information content (AvgIpc) is 3.06. The van der Waals surface area contributed by atoms with Crippen molar-refractivity contribution in [1.29, 1.82) is 0 Å². The largest absolute Gasteiger partial charge is 0.325 e. The molecule has 2 aliphatic heterocycles. The maximum atomic E-state index is 12.1. The van der Waals surface area contributed by atoms with E-state index in [1.807, 2.05) is 12.1 Å². The molecule has 2 saturated heterocycles. The number of hydrogen-bond acceptors (Lipinski definition) is 3. The second-order valence-corrected chi connectivity index (χ2v) is 6.79. The second kappa shape index (κ2) is 7.25. The van der Waals surface area contributed by atoms with Crippen molar-refractivity contribution in [3.63, 3.8) is 0 Å². The molecule has 0 spiro atoms. The Bertz CT molecular complexity index is 486. The van der Waals surface area contributed by atoms with Gasteiger partial charge < -0.3 is 10.6 Å². The van der Waals surface area contributed by atoms with Crippen LogP contribution in [0.5, 0.6) is 0 Å². The molecular weight excluding hydrogens is 274 g/mol. The molecule has 2 fully saturated rings. The van der Waals surface area contributed by atoms with Gasteiger partial charge in [-0.05, 0) is 68.9 Å². The topological polar surface area (TPSA) is 44.4 Å². The fraction of sp³-hybridized carbons (Fsp3) is 0.611. The van der Waals surface area contributed by atoms with E-state index in [2.05, 4.69) is 34.6 Å². The van der Waals surface area contributed by atoms with Crippen molar-refractivity contribution in [1.82, 2.24) is 10.2 Å². The Kier molecular flexibility index (Phi) is 5.11. The van der Waals surface area contributed by atoms with Crippen LogP contribution in [0.1, 0.15) is 38.2 Å². The molecule has 1 aromatic rings. The van der Waals surface area contributed by atoms with Crippen molar-refractivity contribution in [2.24, 2.45) is 5.92 Å². The fourth-order valence-electron chi connectivity index (χ4n) is 3.31. The molecule has 2 N–H and O–H groups in total. The molecule has 22 heavy (non-hydrogen) atoms. The third-order valence-corrected chi connectivity index (χ3v) is 4.88. The SMILES string of the molecule is CC1CCN(Cc2ccc(NC(=O)C3CCCN3)cc2)CC1. The number of benzene rings is 1. The van der Waals surface area contributed by atoms with Crippen molar-refractivity contribution in [3.8, 4) is 0 Å². The van der Waals surface area contributed by atoms with Crippen LogP contribution in [0.3, 0.4) is 0 Å². The second-order valence-electron chi connectivity index (χ2n) is 6.79. The van der Waals surface area contributed by atoms with Gasteiger partial charge in [0.05, 0.1) is 6.04 Å². The van der Waals surface area contributed by atoms with Crippen LogP contribution in [-0.2, 0) is 11.3 Å². The van der Waals surface area contributed by atoms with E-state index >= 15 is 0 Å². The zero-order chi connectivity index (χ0) is 15.4. The number of nitrogens with zero attached hydrogens (tertiary/aromatic N) is 1. The zero-order valence-electron chi connectivity index (χ0n) is 13.5. The summed E-state index contributed by atoms with van der Waals surface area (Å²) in [6, 6.07) is 8.30. The van der Waals surface area contributed by atoms with Crippen LogP contribution in [-0.4, -0.2) is 36.5 Å². The quantitative estimate of drug-likeness (QED) is 0.898.